The van der Waals surface area contributed by atoms with E-state index in [0.717, 1.165) is 5.56 Å². The average molecular weight is 288 g/mol. The van der Waals surface area contributed by atoms with Crippen molar-refractivity contribution in [3.05, 3.63) is 65.0 Å². The van der Waals surface area contributed by atoms with Crippen LogP contribution in [0.15, 0.2) is 42.5 Å². The van der Waals surface area contributed by atoms with E-state index in [1.165, 1.54) is 0 Å². The molecule has 0 aliphatic carbocycles. The Hall–Kier alpha value is -1.91. The highest BCUT2D eigenvalue weighted by Gasteiger charge is 2.21. The molecule has 2 aromatic carbocycles. The Balaban J connectivity index is 2.49. The molecule has 0 heterocycles. The van der Waals surface area contributed by atoms with Crippen molar-refractivity contribution >= 4 is 0 Å². The normalized spacial score (nSPS) is 12.5. The molecule has 2 rings (SSSR count). The van der Waals surface area contributed by atoms with Crippen LogP contribution >= 0.6 is 0 Å². The van der Waals surface area contributed by atoms with Crippen LogP contribution in [-0.4, -0.2) is 6.10 Å². The van der Waals surface area contributed by atoms with E-state index in [-0.39, 0.29) is 11.9 Å². The molecule has 2 aromatic rings. The number of benzene rings is 2. The van der Waals surface area contributed by atoms with Gasteiger partial charge in [0.05, 0.1) is 12.1 Å². The number of aryl methyl sites for hydroxylation is 1. The van der Waals surface area contributed by atoms with Crippen LogP contribution in [0, 0.1) is 12.7 Å². The zero-order valence-corrected chi connectivity index (χ0v) is 12.6. The zero-order valence-electron chi connectivity index (χ0n) is 12.6. The molecular weight excluding hydrogens is 267 g/mol. The van der Waals surface area contributed by atoms with Crippen LogP contribution in [0.3, 0.4) is 0 Å². The Labute approximate surface area is 124 Å². The van der Waals surface area contributed by atoms with Gasteiger partial charge in [-0.3, -0.25) is 5.84 Å². The first kappa shape index (κ1) is 15.5. The highest BCUT2D eigenvalue weighted by atomic mass is 19.1. The highest BCUT2D eigenvalue weighted by Crippen LogP contribution is 2.32. The molecule has 0 aliphatic heterocycles. The molecule has 0 aliphatic rings. The largest absolute Gasteiger partial charge is 0.491 e. The Bertz CT molecular complexity index is 613. The minimum absolute atomic E-state index is 0.0342. The van der Waals surface area contributed by atoms with Crippen molar-refractivity contribution in [3.63, 3.8) is 0 Å². The molecule has 0 aromatic heterocycles. The Morgan fingerprint density at radius 2 is 1.71 bits per heavy atom. The summed E-state index contributed by atoms with van der Waals surface area (Å²) < 4.78 is 20.2. The lowest BCUT2D eigenvalue weighted by atomic mass is 9.96. The smallest absolute Gasteiger partial charge is 0.131 e. The number of halogens is 1. The maximum atomic E-state index is 14.4. The lowest BCUT2D eigenvalue weighted by molar-refractivity contribution is 0.238. The summed E-state index contributed by atoms with van der Waals surface area (Å²) in [6, 6.07) is 12.4. The number of hydrogen-bond acceptors (Lipinski definition) is 3. The number of nitrogens with two attached hydrogens (primary N) is 1. The van der Waals surface area contributed by atoms with Crippen molar-refractivity contribution in [1.82, 2.24) is 5.43 Å². The lowest BCUT2D eigenvalue weighted by Crippen LogP contribution is -2.30. The van der Waals surface area contributed by atoms with E-state index in [1.807, 2.05) is 44.2 Å². The summed E-state index contributed by atoms with van der Waals surface area (Å²) in [5.41, 5.74) is 4.62. The van der Waals surface area contributed by atoms with E-state index in [2.05, 4.69) is 5.43 Å². The number of rotatable bonds is 5. The van der Waals surface area contributed by atoms with Crippen molar-refractivity contribution < 1.29 is 9.13 Å². The monoisotopic (exact) mass is 288 g/mol. The van der Waals surface area contributed by atoms with Gasteiger partial charge in [0.2, 0.25) is 0 Å². The Kier molecular flexibility index (Phi) is 4.94. The summed E-state index contributed by atoms with van der Waals surface area (Å²) in [5, 5.41) is 0. The van der Waals surface area contributed by atoms with Gasteiger partial charge in [-0.1, -0.05) is 36.4 Å². The number of hydrazine groups is 1. The molecule has 1 atom stereocenters. The second-order valence-electron chi connectivity index (χ2n) is 5.28. The van der Waals surface area contributed by atoms with E-state index in [1.54, 1.807) is 19.1 Å². The highest BCUT2D eigenvalue weighted by molar-refractivity contribution is 5.43. The molecule has 0 amide bonds. The van der Waals surface area contributed by atoms with Crippen LogP contribution in [0.25, 0.3) is 0 Å². The van der Waals surface area contributed by atoms with Gasteiger partial charge in [-0.2, -0.15) is 0 Å². The van der Waals surface area contributed by atoms with Gasteiger partial charge in [-0.05, 0) is 32.4 Å². The first-order valence-electron chi connectivity index (χ1n) is 7.01. The molecule has 0 radical (unpaired) electrons. The predicted octanol–water partition coefficient (Wildman–Crippen LogP) is 3.47. The quantitative estimate of drug-likeness (QED) is 0.654. The van der Waals surface area contributed by atoms with Crippen molar-refractivity contribution in [2.24, 2.45) is 5.84 Å². The maximum absolute atomic E-state index is 14.4. The molecule has 21 heavy (non-hydrogen) atoms. The SMILES string of the molecule is Cc1cccc(C(NN)c2ccccc2OC(C)C)c1F. The first-order valence-corrected chi connectivity index (χ1v) is 7.01. The second-order valence-corrected chi connectivity index (χ2v) is 5.28. The molecule has 3 nitrogen and oxygen atoms in total. The molecule has 1 unspecified atom stereocenters. The number of nitrogens with one attached hydrogen (secondary N) is 1. The van der Waals surface area contributed by atoms with Crippen molar-refractivity contribution in [3.8, 4) is 5.75 Å². The maximum Gasteiger partial charge on any atom is 0.131 e. The Morgan fingerprint density at radius 3 is 2.38 bits per heavy atom. The molecule has 4 heteroatoms. The van der Waals surface area contributed by atoms with Gasteiger partial charge in [0.25, 0.3) is 0 Å². The van der Waals surface area contributed by atoms with Crippen LogP contribution in [-0.2, 0) is 0 Å². The molecule has 3 N–H and O–H groups in total. The van der Waals surface area contributed by atoms with E-state index in [0.29, 0.717) is 16.9 Å². The third-order valence-electron chi connectivity index (χ3n) is 3.29. The van der Waals surface area contributed by atoms with Crippen molar-refractivity contribution in [2.75, 3.05) is 0 Å². The molecule has 0 saturated carbocycles. The summed E-state index contributed by atoms with van der Waals surface area (Å²) in [7, 11) is 0. The van der Waals surface area contributed by atoms with Gasteiger partial charge in [-0.15, -0.1) is 0 Å². The number of hydrogen-bond donors (Lipinski definition) is 2. The van der Waals surface area contributed by atoms with Gasteiger partial charge < -0.3 is 4.74 Å². The summed E-state index contributed by atoms with van der Waals surface area (Å²) in [6.45, 7) is 5.65. The minimum atomic E-state index is -0.458. The van der Waals surface area contributed by atoms with E-state index in [4.69, 9.17) is 10.6 Å². The fraction of sp³-hybridized carbons (Fsp3) is 0.294. The topological polar surface area (TPSA) is 47.3 Å². The average Bonchev–Trinajstić information content (AvgIpc) is 2.45. The van der Waals surface area contributed by atoms with Gasteiger partial charge in [-0.25, -0.2) is 9.82 Å². The summed E-state index contributed by atoms with van der Waals surface area (Å²) in [4.78, 5) is 0. The van der Waals surface area contributed by atoms with Gasteiger partial charge in [0.1, 0.15) is 11.6 Å². The minimum Gasteiger partial charge on any atom is -0.491 e. The zero-order chi connectivity index (χ0) is 15.4. The molecular formula is C17H21FN2O. The van der Waals surface area contributed by atoms with Crippen molar-refractivity contribution in [2.45, 2.75) is 32.9 Å². The van der Waals surface area contributed by atoms with Crippen LogP contribution < -0.4 is 16.0 Å². The lowest BCUT2D eigenvalue weighted by Gasteiger charge is -2.22. The molecule has 0 saturated heterocycles. The fourth-order valence-electron chi connectivity index (χ4n) is 2.32. The first-order chi connectivity index (χ1) is 10.0. The van der Waals surface area contributed by atoms with Gasteiger partial charge in [0.15, 0.2) is 0 Å². The molecule has 112 valence electrons. The van der Waals surface area contributed by atoms with Gasteiger partial charge in [0, 0.05) is 11.1 Å². The standard InChI is InChI=1S/C17H21FN2O/c1-11(2)21-15-10-5-4-8-13(15)17(20-19)14-9-6-7-12(3)16(14)18/h4-11,17,20H,19H2,1-3H3. The molecule has 0 spiro atoms. The molecule has 0 fully saturated rings. The summed E-state index contributed by atoms with van der Waals surface area (Å²) in [6.07, 6.45) is 0.0342. The van der Waals surface area contributed by atoms with E-state index < -0.39 is 6.04 Å². The van der Waals surface area contributed by atoms with E-state index in [9.17, 15) is 4.39 Å². The predicted molar refractivity (Wildman–Crippen MR) is 82.5 cm³/mol. The third-order valence-corrected chi connectivity index (χ3v) is 3.29. The summed E-state index contributed by atoms with van der Waals surface area (Å²) in [5.74, 6) is 6.14. The Morgan fingerprint density at radius 1 is 1.05 bits per heavy atom. The third kappa shape index (κ3) is 3.40. The molecule has 0 bridgehead atoms. The van der Waals surface area contributed by atoms with Crippen LogP contribution in [0.2, 0.25) is 0 Å². The van der Waals surface area contributed by atoms with Crippen LogP contribution in [0.4, 0.5) is 4.39 Å². The van der Waals surface area contributed by atoms with Crippen LogP contribution in [0.1, 0.15) is 36.6 Å². The summed E-state index contributed by atoms with van der Waals surface area (Å²) >= 11 is 0. The van der Waals surface area contributed by atoms with Crippen molar-refractivity contribution in [1.29, 1.82) is 0 Å². The van der Waals surface area contributed by atoms with E-state index >= 15 is 0 Å². The number of para-hydroxylation sites is 1. The fourth-order valence-corrected chi connectivity index (χ4v) is 2.32. The van der Waals surface area contributed by atoms with Gasteiger partial charge >= 0.3 is 0 Å². The van der Waals surface area contributed by atoms with Crippen LogP contribution in [0.5, 0.6) is 5.75 Å². The number of ether oxygens (including phenoxy) is 1. The second kappa shape index (κ2) is 6.70.